The molecule has 2 aromatic heterocycles. The quantitative estimate of drug-likeness (QED) is 0.407. The van der Waals surface area contributed by atoms with Gasteiger partial charge in [-0.2, -0.15) is 18.3 Å². The molecule has 1 aliphatic rings. The number of piperazine rings is 1. The van der Waals surface area contributed by atoms with Crippen LogP contribution < -0.4 is 4.90 Å². The van der Waals surface area contributed by atoms with Gasteiger partial charge < -0.3 is 4.90 Å². The largest absolute Gasteiger partial charge is 0.436 e. The van der Waals surface area contributed by atoms with Gasteiger partial charge in [0.2, 0.25) is 0 Å². The Balaban J connectivity index is 1.76. The molecule has 28 heavy (non-hydrogen) atoms. The number of anilines is 1. The van der Waals surface area contributed by atoms with E-state index >= 15 is 0 Å². The number of nitrogens with zero attached hydrogens (tertiary/aromatic N) is 6. The second-order valence-electron chi connectivity index (χ2n) is 6.16. The molecule has 1 saturated heterocycles. The zero-order valence-corrected chi connectivity index (χ0v) is 16.7. The van der Waals surface area contributed by atoms with E-state index in [9.17, 15) is 18.0 Å². The van der Waals surface area contributed by atoms with E-state index in [2.05, 4.69) is 15.1 Å². The van der Waals surface area contributed by atoms with E-state index in [1.54, 1.807) is 17.2 Å². The molecule has 12 heteroatoms. The van der Waals surface area contributed by atoms with E-state index in [0.29, 0.717) is 37.6 Å². The Morgan fingerprint density at radius 1 is 1.29 bits per heavy atom. The lowest BCUT2D eigenvalue weighted by Gasteiger charge is -2.38. The average molecular weight is 435 g/mol. The number of carbonyl (C=O) groups is 1. The number of aldehydes is 1. The highest BCUT2D eigenvalue weighted by Crippen LogP contribution is 2.36. The Morgan fingerprint density at radius 2 is 1.96 bits per heavy atom. The Kier molecular flexibility index (Phi) is 6.15. The summed E-state index contributed by atoms with van der Waals surface area (Å²) in [6.07, 6.45) is -1.48. The van der Waals surface area contributed by atoms with Crippen LogP contribution in [0.4, 0.5) is 19.0 Å². The highest BCUT2D eigenvalue weighted by molar-refractivity contribution is 7.98. The van der Waals surface area contributed by atoms with Gasteiger partial charge in [0.25, 0.3) is 0 Å². The van der Waals surface area contributed by atoms with Crippen LogP contribution in [0.3, 0.4) is 0 Å². The summed E-state index contributed by atoms with van der Waals surface area (Å²) in [6.45, 7) is 3.47. The summed E-state index contributed by atoms with van der Waals surface area (Å²) < 4.78 is 40.3. The van der Waals surface area contributed by atoms with Crippen LogP contribution in [0, 0.1) is 6.92 Å². The summed E-state index contributed by atoms with van der Waals surface area (Å²) in [6, 6.07) is 1.81. The highest BCUT2D eigenvalue weighted by Gasteiger charge is 2.39. The first kappa shape index (κ1) is 20.9. The van der Waals surface area contributed by atoms with Crippen molar-refractivity contribution in [1.29, 1.82) is 0 Å². The second kappa shape index (κ2) is 8.26. The number of carbonyl (C=O) groups excluding carboxylic acids is 1. The first-order valence-electron chi connectivity index (χ1n) is 8.39. The molecular formula is C16H18ClF3N6OS. The van der Waals surface area contributed by atoms with Crippen LogP contribution in [0.1, 0.15) is 17.6 Å². The molecule has 7 nitrogen and oxygen atoms in total. The molecule has 3 rings (SSSR count). The first-order chi connectivity index (χ1) is 13.3. The van der Waals surface area contributed by atoms with Crippen LogP contribution in [0.2, 0.25) is 5.02 Å². The number of hydrogen-bond donors (Lipinski definition) is 0. The maximum atomic E-state index is 13.1. The molecule has 2 aromatic rings. The van der Waals surface area contributed by atoms with Crippen LogP contribution in [-0.4, -0.2) is 63.4 Å². The summed E-state index contributed by atoms with van der Waals surface area (Å²) in [5.41, 5.74) is -1.07. The van der Waals surface area contributed by atoms with Crippen molar-refractivity contribution in [1.82, 2.24) is 24.6 Å². The zero-order chi connectivity index (χ0) is 20.5. The Hall–Kier alpha value is -1.85. The normalized spacial score (nSPS) is 17.0. The predicted octanol–water partition coefficient (Wildman–Crippen LogP) is 2.90. The minimum atomic E-state index is -4.68. The molecule has 1 unspecified atom stereocenters. The minimum absolute atomic E-state index is 0.105. The van der Waals surface area contributed by atoms with Crippen LogP contribution >= 0.6 is 23.4 Å². The molecule has 1 atom stereocenters. The summed E-state index contributed by atoms with van der Waals surface area (Å²) in [7, 11) is 0. The van der Waals surface area contributed by atoms with Gasteiger partial charge in [0.05, 0.1) is 10.7 Å². The van der Waals surface area contributed by atoms with E-state index < -0.39 is 23.1 Å². The molecule has 0 spiro atoms. The molecule has 0 amide bonds. The second-order valence-corrected chi connectivity index (χ2v) is 7.32. The SMILES string of the molecule is CSc1nccc(N2CCN(C(C=O)n3nc(C(F)(F)F)c(Cl)c3C)CC2)n1. The van der Waals surface area contributed by atoms with Crippen LogP contribution in [0.15, 0.2) is 17.4 Å². The van der Waals surface area contributed by atoms with Gasteiger partial charge in [-0.15, -0.1) is 0 Å². The van der Waals surface area contributed by atoms with Crippen LogP contribution in [0.5, 0.6) is 0 Å². The fourth-order valence-electron chi connectivity index (χ4n) is 3.06. The maximum absolute atomic E-state index is 13.1. The van der Waals surface area contributed by atoms with Gasteiger partial charge in [0.1, 0.15) is 5.82 Å². The lowest BCUT2D eigenvalue weighted by molar-refractivity contribution is -0.142. The standard InChI is InChI=1S/C16H18ClF3N6OS/c1-10-13(17)14(16(18,19)20)23-26(10)12(9-27)25-7-5-24(6-8-25)11-3-4-21-15(22-11)28-2/h3-4,9,12H,5-8H2,1-2H3. The van der Waals surface area contributed by atoms with Crippen molar-refractivity contribution in [2.24, 2.45) is 0 Å². The van der Waals surface area contributed by atoms with Gasteiger partial charge in [0.15, 0.2) is 23.3 Å². The fourth-order valence-corrected chi connectivity index (χ4v) is 3.64. The van der Waals surface area contributed by atoms with Gasteiger partial charge >= 0.3 is 6.18 Å². The number of alkyl halides is 3. The molecule has 152 valence electrons. The first-order valence-corrected chi connectivity index (χ1v) is 9.99. The molecule has 0 bridgehead atoms. The van der Waals surface area contributed by atoms with Crippen molar-refractivity contribution >= 4 is 35.5 Å². The van der Waals surface area contributed by atoms with Crippen molar-refractivity contribution in [2.45, 2.75) is 24.4 Å². The molecule has 0 aromatic carbocycles. The number of thioether (sulfide) groups is 1. The smallest absolute Gasteiger partial charge is 0.354 e. The monoisotopic (exact) mass is 434 g/mol. The fraction of sp³-hybridized carbons (Fsp3) is 0.500. The molecule has 0 N–H and O–H groups in total. The Morgan fingerprint density at radius 3 is 2.50 bits per heavy atom. The van der Waals surface area contributed by atoms with E-state index in [1.165, 1.54) is 18.7 Å². The van der Waals surface area contributed by atoms with E-state index in [-0.39, 0.29) is 5.69 Å². The van der Waals surface area contributed by atoms with Gasteiger partial charge in [-0.25, -0.2) is 14.6 Å². The molecule has 1 fully saturated rings. The third kappa shape index (κ3) is 4.11. The molecule has 0 aliphatic carbocycles. The highest BCUT2D eigenvalue weighted by atomic mass is 35.5. The zero-order valence-electron chi connectivity index (χ0n) is 15.1. The average Bonchev–Trinajstić information content (AvgIpc) is 2.98. The molecular weight excluding hydrogens is 417 g/mol. The number of hydrogen-bond acceptors (Lipinski definition) is 7. The van der Waals surface area contributed by atoms with Gasteiger partial charge in [-0.3, -0.25) is 9.69 Å². The summed E-state index contributed by atoms with van der Waals surface area (Å²) in [4.78, 5) is 24.1. The van der Waals surface area contributed by atoms with Crippen LogP contribution in [0.25, 0.3) is 0 Å². The van der Waals surface area contributed by atoms with Crippen molar-refractivity contribution in [3.05, 3.63) is 28.7 Å². The number of rotatable bonds is 5. The molecule has 1 aliphatic heterocycles. The lowest BCUT2D eigenvalue weighted by atomic mass is 10.3. The topological polar surface area (TPSA) is 67.2 Å². The minimum Gasteiger partial charge on any atom is -0.354 e. The third-order valence-corrected chi connectivity index (χ3v) is 5.55. The van der Waals surface area contributed by atoms with Crippen molar-refractivity contribution in [3.8, 4) is 0 Å². The molecule has 0 saturated carbocycles. The van der Waals surface area contributed by atoms with Gasteiger partial charge in [-0.1, -0.05) is 23.4 Å². The Labute approximate surface area is 168 Å². The van der Waals surface area contributed by atoms with Crippen LogP contribution in [-0.2, 0) is 11.0 Å². The van der Waals surface area contributed by atoms with E-state index in [1.807, 2.05) is 11.2 Å². The predicted molar refractivity (Wildman–Crippen MR) is 99.7 cm³/mol. The number of halogens is 4. The number of aromatic nitrogens is 4. The third-order valence-electron chi connectivity index (χ3n) is 4.53. The van der Waals surface area contributed by atoms with E-state index in [4.69, 9.17) is 11.6 Å². The molecule has 0 radical (unpaired) electrons. The maximum Gasteiger partial charge on any atom is 0.436 e. The van der Waals surface area contributed by atoms with E-state index in [0.717, 1.165) is 10.5 Å². The van der Waals surface area contributed by atoms with Crippen molar-refractivity contribution in [2.75, 3.05) is 37.3 Å². The van der Waals surface area contributed by atoms with Gasteiger partial charge in [0, 0.05) is 32.4 Å². The van der Waals surface area contributed by atoms with Crippen molar-refractivity contribution < 1.29 is 18.0 Å². The lowest BCUT2D eigenvalue weighted by Crippen LogP contribution is -2.49. The summed E-state index contributed by atoms with van der Waals surface area (Å²) >= 11 is 7.25. The molecule has 3 heterocycles. The van der Waals surface area contributed by atoms with Gasteiger partial charge in [-0.05, 0) is 19.2 Å². The summed E-state index contributed by atoms with van der Waals surface area (Å²) in [5, 5.41) is 3.75. The summed E-state index contributed by atoms with van der Waals surface area (Å²) in [5.74, 6) is 0.777. The Bertz CT molecular complexity index is 853. The van der Waals surface area contributed by atoms with Crippen molar-refractivity contribution in [3.63, 3.8) is 0 Å².